The van der Waals surface area contributed by atoms with Crippen LogP contribution in [-0.2, 0) is 9.59 Å². The van der Waals surface area contributed by atoms with E-state index in [1.165, 1.54) is 6.21 Å². The number of fused-ring (bicyclic) bond motifs is 1. The molecule has 0 saturated heterocycles. The van der Waals surface area contributed by atoms with Crippen molar-refractivity contribution in [3.05, 3.63) is 48.0 Å². The van der Waals surface area contributed by atoms with Crippen molar-refractivity contribution in [1.29, 1.82) is 0 Å². The minimum Gasteiger partial charge on any atom is -0.494 e. The Kier molecular flexibility index (Phi) is 5.88. The molecule has 0 atom stereocenters. The minimum atomic E-state index is -0.877. The van der Waals surface area contributed by atoms with Crippen LogP contribution in [0.25, 0.3) is 0 Å². The molecule has 0 aliphatic carbocycles. The maximum absolute atomic E-state index is 11.9. The predicted octanol–water partition coefficient (Wildman–Crippen LogP) is 2.29. The molecule has 3 rings (SSSR count). The second kappa shape index (κ2) is 8.70. The lowest BCUT2D eigenvalue weighted by molar-refractivity contribution is -0.136. The van der Waals surface area contributed by atoms with Gasteiger partial charge in [-0.1, -0.05) is 6.92 Å². The topological polar surface area (TPSA) is 98.2 Å². The number of carbonyl (C=O) groups is 2. The highest BCUT2D eigenvalue weighted by atomic mass is 16.7. The third-order valence-corrected chi connectivity index (χ3v) is 3.57. The van der Waals surface area contributed by atoms with Gasteiger partial charge in [-0.15, -0.1) is 0 Å². The van der Waals surface area contributed by atoms with Crippen LogP contribution >= 0.6 is 0 Å². The molecule has 0 spiro atoms. The second-order valence-electron chi connectivity index (χ2n) is 5.64. The number of anilines is 1. The van der Waals surface area contributed by atoms with Crippen LogP contribution in [0.4, 0.5) is 5.69 Å². The summed E-state index contributed by atoms with van der Waals surface area (Å²) in [7, 11) is 0. The largest absolute Gasteiger partial charge is 0.494 e. The second-order valence-corrected chi connectivity index (χ2v) is 5.64. The van der Waals surface area contributed by atoms with Crippen LogP contribution < -0.4 is 25.0 Å². The van der Waals surface area contributed by atoms with E-state index in [9.17, 15) is 9.59 Å². The third kappa shape index (κ3) is 4.97. The van der Waals surface area contributed by atoms with Crippen molar-refractivity contribution in [2.75, 3.05) is 18.7 Å². The highest BCUT2D eigenvalue weighted by Gasteiger charge is 2.14. The number of hydrogen-bond acceptors (Lipinski definition) is 6. The van der Waals surface area contributed by atoms with E-state index < -0.39 is 11.8 Å². The molecule has 0 radical (unpaired) electrons. The quantitative estimate of drug-likeness (QED) is 0.462. The van der Waals surface area contributed by atoms with Crippen molar-refractivity contribution in [3.8, 4) is 17.2 Å². The lowest BCUT2D eigenvalue weighted by atomic mass is 10.2. The summed E-state index contributed by atoms with van der Waals surface area (Å²) >= 11 is 0. The summed E-state index contributed by atoms with van der Waals surface area (Å²) in [5, 5.41) is 6.27. The number of hydrogen-bond donors (Lipinski definition) is 2. The van der Waals surface area contributed by atoms with Gasteiger partial charge in [-0.25, -0.2) is 5.43 Å². The van der Waals surface area contributed by atoms with Crippen LogP contribution in [-0.4, -0.2) is 31.4 Å². The van der Waals surface area contributed by atoms with Crippen LogP contribution in [0.2, 0.25) is 0 Å². The predicted molar refractivity (Wildman–Crippen MR) is 99.2 cm³/mol. The smallest absolute Gasteiger partial charge is 0.329 e. The van der Waals surface area contributed by atoms with Crippen LogP contribution in [0.1, 0.15) is 18.9 Å². The summed E-state index contributed by atoms with van der Waals surface area (Å²) in [6, 6.07) is 12.0. The number of ether oxygens (including phenoxy) is 3. The van der Waals surface area contributed by atoms with E-state index in [0.717, 1.165) is 6.42 Å². The van der Waals surface area contributed by atoms with Crippen LogP contribution in [0, 0.1) is 0 Å². The fraction of sp³-hybridized carbons (Fsp3) is 0.211. The lowest BCUT2D eigenvalue weighted by Crippen LogP contribution is -2.32. The first-order valence-corrected chi connectivity index (χ1v) is 8.42. The van der Waals surface area contributed by atoms with Gasteiger partial charge in [0.15, 0.2) is 11.5 Å². The molecular formula is C19H19N3O5. The molecule has 1 aliphatic rings. The van der Waals surface area contributed by atoms with Gasteiger partial charge >= 0.3 is 11.8 Å². The van der Waals surface area contributed by atoms with Crippen molar-refractivity contribution < 1.29 is 23.8 Å². The van der Waals surface area contributed by atoms with E-state index in [1.807, 2.05) is 6.92 Å². The number of nitrogens with one attached hydrogen (secondary N) is 2. The molecule has 1 aliphatic heterocycles. The van der Waals surface area contributed by atoms with E-state index in [2.05, 4.69) is 15.8 Å². The average molecular weight is 369 g/mol. The molecule has 0 fully saturated rings. The monoisotopic (exact) mass is 369 g/mol. The molecule has 2 aromatic carbocycles. The Hall–Kier alpha value is -3.55. The summed E-state index contributed by atoms with van der Waals surface area (Å²) in [5.74, 6) is 0.266. The van der Waals surface area contributed by atoms with Gasteiger partial charge in [0.2, 0.25) is 6.79 Å². The van der Waals surface area contributed by atoms with E-state index in [-0.39, 0.29) is 6.79 Å². The molecule has 0 saturated carbocycles. The van der Waals surface area contributed by atoms with Crippen LogP contribution in [0.15, 0.2) is 47.6 Å². The first-order valence-electron chi connectivity index (χ1n) is 8.42. The van der Waals surface area contributed by atoms with Gasteiger partial charge in [0.1, 0.15) is 5.75 Å². The van der Waals surface area contributed by atoms with Gasteiger partial charge in [0.05, 0.1) is 12.8 Å². The maximum Gasteiger partial charge on any atom is 0.329 e. The molecule has 0 aromatic heterocycles. The lowest BCUT2D eigenvalue weighted by Gasteiger charge is -2.07. The first kappa shape index (κ1) is 18.2. The molecule has 8 heteroatoms. The zero-order chi connectivity index (χ0) is 19.1. The zero-order valence-electron chi connectivity index (χ0n) is 14.7. The van der Waals surface area contributed by atoms with Gasteiger partial charge in [0.25, 0.3) is 0 Å². The molecule has 2 N–H and O–H groups in total. The third-order valence-electron chi connectivity index (χ3n) is 3.57. The summed E-state index contributed by atoms with van der Waals surface area (Å²) in [4.78, 5) is 23.7. The standard InChI is InChI=1S/C19H19N3O5/c1-2-9-25-15-6-4-14(5-7-15)21-18(23)19(24)22-20-11-13-3-8-16-17(10-13)27-12-26-16/h3-8,10-11H,2,9,12H2,1H3,(H,21,23)(H,22,24)/b20-11-. The first-order chi connectivity index (χ1) is 13.2. The molecule has 0 bridgehead atoms. The molecule has 0 unspecified atom stereocenters. The molecule has 27 heavy (non-hydrogen) atoms. The Bertz CT molecular complexity index is 849. The average Bonchev–Trinajstić information content (AvgIpc) is 3.15. The summed E-state index contributed by atoms with van der Waals surface area (Å²) < 4.78 is 15.9. The molecule has 8 nitrogen and oxygen atoms in total. The summed E-state index contributed by atoms with van der Waals surface area (Å²) in [6.45, 7) is 2.82. The SMILES string of the molecule is CCCOc1ccc(NC(=O)C(=O)N/N=C\c2ccc3c(c2)OCO3)cc1. The van der Waals surface area contributed by atoms with Crippen molar-refractivity contribution in [3.63, 3.8) is 0 Å². The Morgan fingerprint density at radius 1 is 1.11 bits per heavy atom. The summed E-state index contributed by atoms with van der Waals surface area (Å²) in [6.07, 6.45) is 2.32. The van der Waals surface area contributed by atoms with Crippen molar-refractivity contribution >= 4 is 23.7 Å². The Morgan fingerprint density at radius 2 is 1.89 bits per heavy atom. The Balaban J connectivity index is 1.49. The zero-order valence-corrected chi connectivity index (χ0v) is 14.7. The van der Waals surface area contributed by atoms with Crippen molar-refractivity contribution in [1.82, 2.24) is 5.43 Å². The fourth-order valence-corrected chi connectivity index (χ4v) is 2.25. The Morgan fingerprint density at radius 3 is 2.67 bits per heavy atom. The molecule has 2 aromatic rings. The molecule has 140 valence electrons. The maximum atomic E-state index is 11.9. The fourth-order valence-electron chi connectivity index (χ4n) is 2.25. The van der Waals surface area contributed by atoms with Crippen LogP contribution in [0.5, 0.6) is 17.2 Å². The van der Waals surface area contributed by atoms with Crippen molar-refractivity contribution in [2.24, 2.45) is 5.10 Å². The number of carbonyl (C=O) groups excluding carboxylic acids is 2. The Labute approximate surface area is 156 Å². The molecular weight excluding hydrogens is 350 g/mol. The van der Waals surface area contributed by atoms with E-state index >= 15 is 0 Å². The van der Waals surface area contributed by atoms with Crippen LogP contribution in [0.3, 0.4) is 0 Å². The van der Waals surface area contributed by atoms with E-state index in [4.69, 9.17) is 14.2 Å². The normalized spacial score (nSPS) is 12.0. The van der Waals surface area contributed by atoms with Gasteiger partial charge in [-0.3, -0.25) is 9.59 Å². The number of hydrazone groups is 1. The minimum absolute atomic E-state index is 0.179. The molecule has 2 amide bonds. The van der Waals surface area contributed by atoms with Gasteiger partial charge < -0.3 is 19.5 Å². The number of amides is 2. The highest BCUT2D eigenvalue weighted by Crippen LogP contribution is 2.31. The van der Waals surface area contributed by atoms with E-state index in [0.29, 0.717) is 35.1 Å². The van der Waals surface area contributed by atoms with Gasteiger partial charge in [-0.2, -0.15) is 5.10 Å². The van der Waals surface area contributed by atoms with Gasteiger partial charge in [-0.05, 0) is 54.4 Å². The van der Waals surface area contributed by atoms with E-state index in [1.54, 1.807) is 42.5 Å². The number of benzene rings is 2. The highest BCUT2D eigenvalue weighted by molar-refractivity contribution is 6.39. The number of nitrogens with zero attached hydrogens (tertiary/aromatic N) is 1. The van der Waals surface area contributed by atoms with Crippen molar-refractivity contribution in [2.45, 2.75) is 13.3 Å². The van der Waals surface area contributed by atoms with Gasteiger partial charge in [0, 0.05) is 5.69 Å². The number of rotatable bonds is 6. The summed E-state index contributed by atoms with van der Waals surface area (Å²) in [5.41, 5.74) is 3.36. The molecule has 1 heterocycles.